The lowest BCUT2D eigenvalue weighted by Crippen LogP contribution is -2.39. The number of pyridine rings is 1. The molecule has 1 aliphatic rings. The van der Waals surface area contributed by atoms with Gasteiger partial charge in [-0.25, -0.2) is 9.97 Å². The number of carbonyl (C=O) groups excluding carboxylic acids is 1. The first kappa shape index (κ1) is 15.9. The van der Waals surface area contributed by atoms with Crippen LogP contribution < -0.4 is 5.32 Å². The van der Waals surface area contributed by atoms with E-state index in [0.29, 0.717) is 5.92 Å². The summed E-state index contributed by atoms with van der Waals surface area (Å²) in [5, 5.41) is 4.03. The van der Waals surface area contributed by atoms with Crippen LogP contribution in [0, 0.1) is 13.8 Å². The molecule has 2 aromatic heterocycles. The highest BCUT2D eigenvalue weighted by Crippen LogP contribution is 2.29. The van der Waals surface area contributed by atoms with Crippen molar-refractivity contribution < 1.29 is 4.79 Å². The van der Waals surface area contributed by atoms with Gasteiger partial charge in [-0.3, -0.25) is 4.79 Å². The smallest absolute Gasteiger partial charge is 0.265 e. The number of hydrogen-bond donors (Lipinski definition) is 1. The SMILES string of the molecule is CNc1cc(C2CCCN(C(=O)c3sc(C)nc3C)C2)ccn1. The predicted molar refractivity (Wildman–Crippen MR) is 93.3 cm³/mol. The van der Waals surface area contributed by atoms with Crippen molar-refractivity contribution in [2.45, 2.75) is 32.6 Å². The van der Waals surface area contributed by atoms with Crippen LogP contribution in [0.15, 0.2) is 18.3 Å². The Bertz CT molecular complexity index is 712. The lowest BCUT2D eigenvalue weighted by molar-refractivity contribution is 0.0711. The van der Waals surface area contributed by atoms with Crippen molar-refractivity contribution in [3.63, 3.8) is 0 Å². The summed E-state index contributed by atoms with van der Waals surface area (Å²) in [5.41, 5.74) is 2.10. The van der Waals surface area contributed by atoms with Gasteiger partial charge in [0.2, 0.25) is 0 Å². The summed E-state index contributed by atoms with van der Waals surface area (Å²) < 4.78 is 0. The second-order valence-electron chi connectivity index (χ2n) is 5.96. The van der Waals surface area contributed by atoms with E-state index in [1.807, 2.05) is 32.0 Å². The summed E-state index contributed by atoms with van der Waals surface area (Å²) in [7, 11) is 1.87. The molecule has 1 N–H and O–H groups in total. The maximum absolute atomic E-state index is 12.8. The molecule has 1 saturated heterocycles. The molecular weight excluding hydrogens is 308 g/mol. The molecule has 1 atom stereocenters. The van der Waals surface area contributed by atoms with E-state index in [1.54, 1.807) is 0 Å². The summed E-state index contributed by atoms with van der Waals surface area (Å²) in [6, 6.07) is 4.14. The molecule has 122 valence electrons. The zero-order valence-electron chi connectivity index (χ0n) is 13.8. The number of amides is 1. The molecule has 3 heterocycles. The maximum Gasteiger partial charge on any atom is 0.265 e. The molecular formula is C17H22N4OS. The molecule has 0 spiro atoms. The minimum Gasteiger partial charge on any atom is -0.373 e. The second-order valence-corrected chi connectivity index (χ2v) is 7.17. The Morgan fingerprint density at radius 3 is 2.96 bits per heavy atom. The molecule has 1 amide bonds. The number of rotatable bonds is 3. The van der Waals surface area contributed by atoms with Gasteiger partial charge in [0.25, 0.3) is 5.91 Å². The van der Waals surface area contributed by atoms with Crippen LogP contribution in [0.1, 0.15) is 44.7 Å². The number of aryl methyl sites for hydroxylation is 2. The Morgan fingerprint density at radius 2 is 2.26 bits per heavy atom. The summed E-state index contributed by atoms with van der Waals surface area (Å²) in [6.07, 6.45) is 3.97. The van der Waals surface area contributed by atoms with Gasteiger partial charge in [-0.15, -0.1) is 11.3 Å². The monoisotopic (exact) mass is 330 g/mol. The van der Waals surface area contributed by atoms with Gasteiger partial charge in [-0.05, 0) is 44.4 Å². The number of hydrogen-bond acceptors (Lipinski definition) is 5. The highest BCUT2D eigenvalue weighted by molar-refractivity contribution is 7.13. The van der Waals surface area contributed by atoms with Gasteiger partial charge in [0, 0.05) is 32.3 Å². The molecule has 5 nitrogen and oxygen atoms in total. The number of carbonyl (C=O) groups is 1. The van der Waals surface area contributed by atoms with Crippen molar-refractivity contribution in [2.24, 2.45) is 0 Å². The number of thiazole rings is 1. The molecule has 3 rings (SSSR count). The zero-order valence-corrected chi connectivity index (χ0v) is 14.6. The Labute approximate surface area is 140 Å². The molecule has 0 aromatic carbocycles. The molecule has 23 heavy (non-hydrogen) atoms. The highest BCUT2D eigenvalue weighted by Gasteiger charge is 2.27. The topological polar surface area (TPSA) is 58.1 Å². The van der Waals surface area contributed by atoms with Crippen LogP contribution in [0.3, 0.4) is 0 Å². The number of likely N-dealkylation sites (tertiary alicyclic amines) is 1. The Hall–Kier alpha value is -1.95. The van der Waals surface area contributed by atoms with E-state index >= 15 is 0 Å². The normalized spacial score (nSPS) is 18.0. The van der Waals surface area contributed by atoms with E-state index in [4.69, 9.17) is 0 Å². The maximum atomic E-state index is 12.8. The van der Waals surface area contributed by atoms with E-state index in [2.05, 4.69) is 27.4 Å². The van der Waals surface area contributed by atoms with Crippen LogP contribution in [0.4, 0.5) is 5.82 Å². The first-order chi connectivity index (χ1) is 11.1. The standard InChI is InChI=1S/C17H22N4OS/c1-11-16(23-12(2)20-11)17(22)21-8-4-5-14(10-21)13-6-7-19-15(9-13)18-3/h6-7,9,14H,4-5,8,10H2,1-3H3,(H,18,19). The number of nitrogens with zero attached hydrogens (tertiary/aromatic N) is 3. The highest BCUT2D eigenvalue weighted by atomic mass is 32.1. The quantitative estimate of drug-likeness (QED) is 0.939. The third-order valence-corrected chi connectivity index (χ3v) is 5.38. The minimum atomic E-state index is 0.126. The fourth-order valence-electron chi connectivity index (χ4n) is 3.14. The van der Waals surface area contributed by atoms with Gasteiger partial charge >= 0.3 is 0 Å². The van der Waals surface area contributed by atoms with Crippen LogP contribution in [0.25, 0.3) is 0 Å². The number of anilines is 1. The number of aromatic nitrogens is 2. The van der Waals surface area contributed by atoms with Crippen LogP contribution in [0.5, 0.6) is 0 Å². The molecule has 0 aliphatic carbocycles. The Morgan fingerprint density at radius 1 is 1.43 bits per heavy atom. The van der Waals surface area contributed by atoms with Gasteiger partial charge in [-0.2, -0.15) is 0 Å². The van der Waals surface area contributed by atoms with Crippen molar-refractivity contribution in [2.75, 3.05) is 25.5 Å². The minimum absolute atomic E-state index is 0.126. The van der Waals surface area contributed by atoms with E-state index in [0.717, 1.165) is 47.3 Å². The third kappa shape index (κ3) is 3.37. The average molecular weight is 330 g/mol. The summed E-state index contributed by atoms with van der Waals surface area (Å²) in [6.45, 7) is 5.46. The third-order valence-electron chi connectivity index (χ3n) is 4.32. The van der Waals surface area contributed by atoms with Gasteiger partial charge in [0.05, 0.1) is 10.7 Å². The van der Waals surface area contributed by atoms with Crippen LogP contribution in [0.2, 0.25) is 0 Å². The molecule has 1 fully saturated rings. The Balaban J connectivity index is 1.77. The Kier molecular flexibility index (Phi) is 4.61. The summed E-state index contributed by atoms with van der Waals surface area (Å²) in [4.78, 5) is 24.2. The number of nitrogens with one attached hydrogen (secondary N) is 1. The van der Waals surface area contributed by atoms with E-state index < -0.39 is 0 Å². The largest absolute Gasteiger partial charge is 0.373 e. The van der Waals surface area contributed by atoms with Crippen molar-refractivity contribution >= 4 is 23.1 Å². The predicted octanol–water partition coefficient (Wildman–Crippen LogP) is 3.22. The van der Waals surface area contributed by atoms with E-state index in [-0.39, 0.29) is 5.91 Å². The fraction of sp³-hybridized carbons (Fsp3) is 0.471. The van der Waals surface area contributed by atoms with Gasteiger partial charge in [-0.1, -0.05) is 0 Å². The fourth-order valence-corrected chi connectivity index (χ4v) is 4.03. The van der Waals surface area contributed by atoms with Crippen molar-refractivity contribution in [3.8, 4) is 0 Å². The summed E-state index contributed by atoms with van der Waals surface area (Å²) >= 11 is 1.50. The first-order valence-electron chi connectivity index (χ1n) is 7.95. The van der Waals surface area contributed by atoms with E-state index in [1.165, 1.54) is 16.9 Å². The molecule has 1 aliphatic heterocycles. The van der Waals surface area contributed by atoms with Crippen molar-refractivity contribution in [1.82, 2.24) is 14.9 Å². The second kappa shape index (κ2) is 6.66. The lowest BCUT2D eigenvalue weighted by atomic mass is 9.91. The molecule has 0 radical (unpaired) electrons. The molecule has 1 unspecified atom stereocenters. The van der Waals surface area contributed by atoms with Gasteiger partial charge in [0.1, 0.15) is 10.7 Å². The lowest BCUT2D eigenvalue weighted by Gasteiger charge is -2.33. The van der Waals surface area contributed by atoms with Crippen LogP contribution in [-0.2, 0) is 0 Å². The average Bonchev–Trinajstić information content (AvgIpc) is 2.92. The molecule has 2 aromatic rings. The van der Waals surface area contributed by atoms with Crippen molar-refractivity contribution in [1.29, 1.82) is 0 Å². The number of piperidine rings is 1. The van der Waals surface area contributed by atoms with Gasteiger partial charge < -0.3 is 10.2 Å². The van der Waals surface area contributed by atoms with Crippen LogP contribution >= 0.6 is 11.3 Å². The zero-order chi connectivity index (χ0) is 16.4. The first-order valence-corrected chi connectivity index (χ1v) is 8.77. The molecule has 0 bridgehead atoms. The molecule has 0 saturated carbocycles. The summed E-state index contributed by atoms with van der Waals surface area (Å²) in [5.74, 6) is 1.37. The molecule has 6 heteroatoms. The van der Waals surface area contributed by atoms with Crippen molar-refractivity contribution in [3.05, 3.63) is 39.5 Å². The van der Waals surface area contributed by atoms with Crippen LogP contribution in [-0.4, -0.2) is 40.9 Å². The van der Waals surface area contributed by atoms with Gasteiger partial charge in [0.15, 0.2) is 0 Å². The van der Waals surface area contributed by atoms with E-state index in [9.17, 15) is 4.79 Å².